The van der Waals surface area contributed by atoms with Gasteiger partial charge < -0.3 is 36.0 Å². The van der Waals surface area contributed by atoms with Gasteiger partial charge in [-0.05, 0) is 42.3 Å². The minimum atomic E-state index is -0.879. The van der Waals surface area contributed by atoms with Crippen LogP contribution < -0.4 is 26.2 Å². The lowest BCUT2D eigenvalue weighted by Gasteiger charge is -2.36. The summed E-state index contributed by atoms with van der Waals surface area (Å²) in [4.78, 5) is 52.6. The van der Waals surface area contributed by atoms with Crippen LogP contribution in [0.15, 0.2) is 42.5 Å². The average molecular weight is 571 g/mol. The molecule has 2 saturated heterocycles. The van der Waals surface area contributed by atoms with Crippen LogP contribution in [0.3, 0.4) is 0 Å². The lowest BCUT2D eigenvalue weighted by Crippen LogP contribution is -2.49. The molecule has 1 unspecified atom stereocenters. The van der Waals surface area contributed by atoms with Gasteiger partial charge in [-0.3, -0.25) is 19.3 Å². The van der Waals surface area contributed by atoms with Crippen molar-refractivity contribution in [1.82, 2.24) is 10.2 Å². The molecule has 0 saturated carbocycles. The molecule has 0 spiro atoms. The van der Waals surface area contributed by atoms with Crippen molar-refractivity contribution in [1.29, 1.82) is 0 Å². The number of ether oxygens (including phenoxy) is 1. The van der Waals surface area contributed by atoms with Crippen molar-refractivity contribution in [2.45, 2.75) is 32.0 Å². The zero-order chi connectivity index (χ0) is 29.5. The van der Waals surface area contributed by atoms with E-state index in [1.165, 1.54) is 17.9 Å². The molecule has 2 heterocycles. The number of nitrogens with zero attached hydrogens (tertiary/aromatic N) is 3. The Morgan fingerprint density at radius 1 is 1.15 bits per heavy atom. The summed E-state index contributed by atoms with van der Waals surface area (Å²) in [6.45, 7) is 3.27. The van der Waals surface area contributed by atoms with Gasteiger partial charge in [0.15, 0.2) is 0 Å². The van der Waals surface area contributed by atoms with Crippen molar-refractivity contribution in [3.63, 3.8) is 0 Å². The first-order valence-electron chi connectivity index (χ1n) is 13.5. The molecule has 4 rings (SSSR count). The Balaban J connectivity index is 1.26. The fraction of sp³-hybridized carbons (Fsp3) is 0.429. The fourth-order valence-electron chi connectivity index (χ4n) is 4.83. The Kier molecular flexibility index (Phi) is 9.73. The van der Waals surface area contributed by atoms with Crippen LogP contribution in [0.25, 0.3) is 0 Å². The molecule has 2 aliphatic rings. The Hall–Kier alpha value is -4.23. The monoisotopic (exact) mass is 570 g/mol. The van der Waals surface area contributed by atoms with E-state index in [2.05, 4.69) is 10.6 Å². The number of hydrogen-bond acceptors (Lipinski definition) is 8. The number of nitrogens with two attached hydrogens (primary N) is 1. The second-order valence-corrected chi connectivity index (χ2v) is 9.99. The summed E-state index contributed by atoms with van der Waals surface area (Å²) in [5.74, 6) is -1.17. The van der Waals surface area contributed by atoms with Gasteiger partial charge in [0.05, 0.1) is 37.1 Å². The third-order valence-electron chi connectivity index (χ3n) is 7.04. The maximum atomic E-state index is 15.1. The first kappa shape index (κ1) is 29.7. The first-order valence-corrected chi connectivity index (χ1v) is 13.5. The van der Waals surface area contributed by atoms with Crippen molar-refractivity contribution in [3.8, 4) is 0 Å². The third-order valence-corrected chi connectivity index (χ3v) is 7.04. The Bertz CT molecular complexity index is 1280. The molecule has 2 aromatic rings. The number of amides is 4. The van der Waals surface area contributed by atoms with Gasteiger partial charge in [0.2, 0.25) is 17.7 Å². The number of rotatable bonds is 10. The van der Waals surface area contributed by atoms with Gasteiger partial charge in [-0.15, -0.1) is 0 Å². The van der Waals surface area contributed by atoms with Gasteiger partial charge in [0.25, 0.3) is 0 Å². The van der Waals surface area contributed by atoms with E-state index < -0.39 is 24.1 Å². The SMILES string of the molecule is CC(=O)NC[C@H]1CN(c2ccc(N3CCN(C(=O)CCC(O)c4cccc(NC(=O)CN)c4)CC3)c(F)c2)C(=O)O1. The molecular weight excluding hydrogens is 535 g/mol. The first-order chi connectivity index (χ1) is 19.6. The van der Waals surface area contributed by atoms with Crippen LogP contribution in [0.4, 0.5) is 26.2 Å². The molecule has 41 heavy (non-hydrogen) atoms. The van der Waals surface area contributed by atoms with E-state index in [1.807, 2.05) is 4.90 Å². The summed E-state index contributed by atoms with van der Waals surface area (Å²) in [7, 11) is 0. The van der Waals surface area contributed by atoms with E-state index in [1.54, 1.807) is 41.3 Å². The molecule has 4 amide bonds. The number of benzene rings is 2. The van der Waals surface area contributed by atoms with Crippen molar-refractivity contribution >= 4 is 40.9 Å². The zero-order valence-electron chi connectivity index (χ0n) is 22.8. The molecule has 2 aromatic carbocycles. The van der Waals surface area contributed by atoms with E-state index in [4.69, 9.17) is 10.5 Å². The number of carbonyl (C=O) groups excluding carboxylic acids is 4. The molecule has 5 N–H and O–H groups in total. The van der Waals surface area contributed by atoms with Crippen LogP contribution in [-0.2, 0) is 19.1 Å². The maximum Gasteiger partial charge on any atom is 0.414 e. The fourth-order valence-corrected chi connectivity index (χ4v) is 4.83. The lowest BCUT2D eigenvalue weighted by atomic mass is 10.0. The van der Waals surface area contributed by atoms with Gasteiger partial charge in [-0.2, -0.15) is 0 Å². The summed E-state index contributed by atoms with van der Waals surface area (Å²) in [5.41, 5.74) is 7.16. The van der Waals surface area contributed by atoms with E-state index in [0.717, 1.165) is 0 Å². The molecule has 0 aliphatic carbocycles. The zero-order valence-corrected chi connectivity index (χ0v) is 22.8. The summed E-state index contributed by atoms with van der Waals surface area (Å²) < 4.78 is 20.3. The maximum absolute atomic E-state index is 15.1. The lowest BCUT2D eigenvalue weighted by molar-refractivity contribution is -0.132. The highest BCUT2D eigenvalue weighted by molar-refractivity contribution is 5.92. The largest absolute Gasteiger partial charge is 0.442 e. The van der Waals surface area contributed by atoms with Crippen molar-refractivity contribution in [3.05, 3.63) is 53.8 Å². The van der Waals surface area contributed by atoms with Crippen molar-refractivity contribution in [2.75, 3.05) is 60.9 Å². The highest BCUT2D eigenvalue weighted by Gasteiger charge is 2.33. The second-order valence-electron chi connectivity index (χ2n) is 9.99. The molecule has 0 bridgehead atoms. The Morgan fingerprint density at radius 2 is 1.90 bits per heavy atom. The van der Waals surface area contributed by atoms with Crippen LogP contribution >= 0.6 is 0 Å². The third kappa shape index (κ3) is 7.70. The molecule has 0 aromatic heterocycles. The topological polar surface area (TPSA) is 158 Å². The quantitative estimate of drug-likeness (QED) is 0.333. The molecule has 2 atom stereocenters. The van der Waals surface area contributed by atoms with Crippen LogP contribution in [0.2, 0.25) is 0 Å². The molecule has 2 aliphatic heterocycles. The average Bonchev–Trinajstić information content (AvgIpc) is 3.35. The molecule has 13 heteroatoms. The van der Waals surface area contributed by atoms with Crippen molar-refractivity contribution < 1.29 is 33.4 Å². The Labute approximate surface area is 237 Å². The standard InChI is InChI=1S/C28H35FN6O6/c1-18(36)31-16-22-17-35(28(40)41-22)21-5-6-24(23(29)14-21)33-9-11-34(12-10-33)27(39)8-7-25(37)19-3-2-4-20(13-19)32-26(38)15-30/h2-6,13-14,22,25,37H,7-12,15-17,30H2,1H3,(H,31,36)(H,32,38)/t22-,25?/m0/s1. The number of aliphatic hydroxyl groups is 1. The van der Waals surface area contributed by atoms with Gasteiger partial charge >= 0.3 is 6.09 Å². The number of halogens is 1. The summed E-state index contributed by atoms with van der Waals surface area (Å²) in [6.07, 6.45) is -1.64. The summed E-state index contributed by atoms with van der Waals surface area (Å²) in [6, 6.07) is 11.3. The van der Waals surface area contributed by atoms with Crippen LogP contribution in [0.5, 0.6) is 0 Å². The highest BCUT2D eigenvalue weighted by atomic mass is 19.1. The number of carbonyl (C=O) groups is 4. The van der Waals surface area contributed by atoms with E-state index in [9.17, 15) is 24.3 Å². The summed E-state index contributed by atoms with van der Waals surface area (Å²) in [5, 5.41) is 15.8. The van der Waals surface area contributed by atoms with Crippen molar-refractivity contribution in [2.24, 2.45) is 5.73 Å². The smallest absolute Gasteiger partial charge is 0.414 e. The number of cyclic esters (lactones) is 1. The minimum Gasteiger partial charge on any atom is -0.442 e. The molecule has 2 fully saturated rings. The van der Waals surface area contributed by atoms with Gasteiger partial charge in [0.1, 0.15) is 11.9 Å². The molecular formula is C28H35FN6O6. The van der Waals surface area contributed by atoms with Gasteiger partial charge in [-0.1, -0.05) is 12.1 Å². The number of piperazine rings is 1. The number of nitrogens with one attached hydrogen (secondary N) is 2. The van der Waals surface area contributed by atoms with Crippen LogP contribution in [-0.4, -0.2) is 85.7 Å². The molecule has 12 nitrogen and oxygen atoms in total. The van der Waals surface area contributed by atoms with E-state index in [0.29, 0.717) is 48.8 Å². The predicted octanol–water partition coefficient (Wildman–Crippen LogP) is 1.35. The minimum absolute atomic E-state index is 0.103. The number of aliphatic hydroxyl groups excluding tert-OH is 1. The number of hydrogen-bond donors (Lipinski definition) is 4. The van der Waals surface area contributed by atoms with Crippen LogP contribution in [0, 0.1) is 5.82 Å². The summed E-state index contributed by atoms with van der Waals surface area (Å²) >= 11 is 0. The van der Waals surface area contributed by atoms with Gasteiger partial charge in [0, 0.05) is 45.2 Å². The van der Waals surface area contributed by atoms with E-state index >= 15 is 4.39 Å². The molecule has 220 valence electrons. The van der Waals surface area contributed by atoms with Gasteiger partial charge in [-0.25, -0.2) is 9.18 Å². The highest BCUT2D eigenvalue weighted by Crippen LogP contribution is 2.29. The second kappa shape index (κ2) is 13.4. The predicted molar refractivity (Wildman–Crippen MR) is 150 cm³/mol. The Morgan fingerprint density at radius 3 is 2.59 bits per heavy atom. The van der Waals surface area contributed by atoms with E-state index in [-0.39, 0.29) is 50.2 Å². The normalized spacial score (nSPS) is 17.7. The molecule has 0 radical (unpaired) electrons. The van der Waals surface area contributed by atoms with Crippen LogP contribution in [0.1, 0.15) is 31.4 Å². The number of anilines is 3.